The van der Waals surface area contributed by atoms with Gasteiger partial charge < -0.3 is 10.3 Å². The number of hydrogen-bond donors (Lipinski definition) is 1. The molecular formula is C5H6N4O. The fourth-order valence-corrected chi connectivity index (χ4v) is 0.531. The Bertz CT molecular complexity index is 224. The topological polar surface area (TPSA) is 88.7 Å². The Kier molecular flexibility index (Phi) is 1.97. The minimum Gasteiger partial charge on any atom is -0.338 e. The lowest BCUT2D eigenvalue weighted by Crippen LogP contribution is -2.09. The van der Waals surface area contributed by atoms with Gasteiger partial charge >= 0.3 is 0 Å². The molecule has 0 amide bonds. The fraction of sp³-hybridized carbons (Fsp3) is 0.400. The average molecular weight is 138 g/mol. The van der Waals surface area contributed by atoms with Crippen molar-refractivity contribution in [3.05, 3.63) is 12.2 Å². The summed E-state index contributed by atoms with van der Waals surface area (Å²) in [7, 11) is 0. The zero-order chi connectivity index (χ0) is 7.40. The van der Waals surface area contributed by atoms with Crippen LogP contribution in [0.5, 0.6) is 0 Å². The van der Waals surface area contributed by atoms with E-state index in [9.17, 15) is 0 Å². The molecule has 1 aromatic heterocycles. The number of hydrogen-bond acceptors (Lipinski definition) is 5. The molecule has 1 atom stereocenters. The highest BCUT2D eigenvalue weighted by Crippen LogP contribution is 2.07. The van der Waals surface area contributed by atoms with E-state index in [1.165, 1.54) is 6.33 Å². The van der Waals surface area contributed by atoms with E-state index in [1.807, 2.05) is 6.07 Å². The number of nitrogens with zero attached hydrogens (tertiary/aromatic N) is 3. The molecule has 0 aliphatic carbocycles. The lowest BCUT2D eigenvalue weighted by molar-refractivity contribution is 0.355. The third kappa shape index (κ3) is 1.30. The van der Waals surface area contributed by atoms with Crippen LogP contribution in [0.2, 0.25) is 0 Å². The van der Waals surface area contributed by atoms with Gasteiger partial charge in [-0.3, -0.25) is 0 Å². The Balaban J connectivity index is 2.61. The summed E-state index contributed by atoms with van der Waals surface area (Å²) < 4.78 is 4.61. The maximum Gasteiger partial charge on any atom is 0.244 e. The minimum atomic E-state index is -0.451. The molecule has 0 unspecified atom stereocenters. The fourth-order valence-electron chi connectivity index (χ4n) is 0.531. The van der Waals surface area contributed by atoms with Gasteiger partial charge in [0.05, 0.1) is 18.5 Å². The van der Waals surface area contributed by atoms with Crippen LogP contribution < -0.4 is 5.73 Å². The van der Waals surface area contributed by atoms with Crippen LogP contribution in [-0.4, -0.2) is 10.1 Å². The van der Waals surface area contributed by atoms with Gasteiger partial charge in [-0.2, -0.15) is 10.2 Å². The molecule has 5 nitrogen and oxygen atoms in total. The molecule has 0 aromatic carbocycles. The lowest BCUT2D eigenvalue weighted by Gasteiger charge is -1.96. The Hall–Kier alpha value is -1.41. The van der Waals surface area contributed by atoms with E-state index in [0.29, 0.717) is 5.89 Å². The van der Waals surface area contributed by atoms with Crippen LogP contribution in [0, 0.1) is 11.3 Å². The molecule has 1 aromatic rings. The predicted molar refractivity (Wildman–Crippen MR) is 31.5 cm³/mol. The SMILES string of the molecule is N#CC[C@@H](N)c1ncno1. The van der Waals surface area contributed by atoms with Crippen molar-refractivity contribution in [2.75, 3.05) is 0 Å². The molecule has 0 aliphatic rings. The third-order valence-corrected chi connectivity index (χ3v) is 1.01. The highest BCUT2D eigenvalue weighted by Gasteiger charge is 2.09. The van der Waals surface area contributed by atoms with Gasteiger partial charge in [0.25, 0.3) is 0 Å². The largest absolute Gasteiger partial charge is 0.338 e. The van der Waals surface area contributed by atoms with E-state index in [-0.39, 0.29) is 6.42 Å². The number of nitrogens with two attached hydrogens (primary N) is 1. The number of aromatic nitrogens is 2. The summed E-state index contributed by atoms with van der Waals surface area (Å²) in [5.41, 5.74) is 5.43. The first-order valence-electron chi connectivity index (χ1n) is 2.73. The second kappa shape index (κ2) is 2.94. The second-order valence-corrected chi connectivity index (χ2v) is 1.75. The molecule has 1 heterocycles. The first kappa shape index (κ1) is 6.71. The van der Waals surface area contributed by atoms with Crippen molar-refractivity contribution in [3.63, 3.8) is 0 Å². The quantitative estimate of drug-likeness (QED) is 0.620. The van der Waals surface area contributed by atoms with Crippen molar-refractivity contribution >= 4 is 0 Å². The van der Waals surface area contributed by atoms with E-state index in [0.717, 1.165) is 0 Å². The lowest BCUT2D eigenvalue weighted by atomic mass is 10.2. The average Bonchev–Trinajstić information content (AvgIpc) is 2.38. The zero-order valence-corrected chi connectivity index (χ0v) is 5.19. The monoisotopic (exact) mass is 138 g/mol. The van der Waals surface area contributed by atoms with E-state index < -0.39 is 6.04 Å². The maximum atomic E-state index is 8.22. The maximum absolute atomic E-state index is 8.22. The molecule has 52 valence electrons. The molecular weight excluding hydrogens is 132 g/mol. The van der Waals surface area contributed by atoms with Crippen LogP contribution in [0.25, 0.3) is 0 Å². The Morgan fingerprint density at radius 3 is 3.20 bits per heavy atom. The van der Waals surface area contributed by atoms with Crippen molar-refractivity contribution < 1.29 is 4.52 Å². The first-order valence-corrected chi connectivity index (χ1v) is 2.73. The number of nitriles is 1. The van der Waals surface area contributed by atoms with Crippen molar-refractivity contribution in [1.29, 1.82) is 5.26 Å². The molecule has 0 radical (unpaired) electrons. The molecule has 5 heteroatoms. The van der Waals surface area contributed by atoms with Gasteiger partial charge in [-0.05, 0) is 0 Å². The van der Waals surface area contributed by atoms with Gasteiger partial charge in [-0.15, -0.1) is 0 Å². The summed E-state index contributed by atoms with van der Waals surface area (Å²) in [6.07, 6.45) is 1.45. The van der Waals surface area contributed by atoms with Crippen LogP contribution in [0.15, 0.2) is 10.9 Å². The summed E-state index contributed by atoms with van der Waals surface area (Å²) in [6, 6.07) is 1.45. The first-order chi connectivity index (χ1) is 4.84. The van der Waals surface area contributed by atoms with Gasteiger partial charge in [0.1, 0.15) is 0 Å². The Morgan fingerprint density at radius 1 is 1.90 bits per heavy atom. The van der Waals surface area contributed by atoms with E-state index >= 15 is 0 Å². The Morgan fingerprint density at radius 2 is 2.70 bits per heavy atom. The standard InChI is InChI=1S/C5H6N4O/c6-2-1-4(7)5-8-3-9-10-5/h3-4H,1,7H2/t4-/m1/s1. The second-order valence-electron chi connectivity index (χ2n) is 1.75. The molecule has 0 fully saturated rings. The van der Waals surface area contributed by atoms with E-state index in [1.54, 1.807) is 0 Å². The van der Waals surface area contributed by atoms with Crippen molar-refractivity contribution in [3.8, 4) is 6.07 Å². The molecule has 0 aliphatic heterocycles. The predicted octanol–water partition coefficient (Wildman–Crippen LogP) is -0.0169. The summed E-state index contributed by atoms with van der Waals surface area (Å²) >= 11 is 0. The van der Waals surface area contributed by atoms with Crippen LogP contribution in [0.3, 0.4) is 0 Å². The van der Waals surface area contributed by atoms with Crippen molar-refractivity contribution in [2.24, 2.45) is 5.73 Å². The molecule has 0 saturated heterocycles. The van der Waals surface area contributed by atoms with Crippen LogP contribution in [0.4, 0.5) is 0 Å². The van der Waals surface area contributed by atoms with Gasteiger partial charge in [0.15, 0.2) is 6.33 Å². The summed E-state index contributed by atoms with van der Waals surface area (Å²) in [5.74, 6) is 0.307. The van der Waals surface area contributed by atoms with Crippen LogP contribution in [0.1, 0.15) is 18.4 Å². The highest BCUT2D eigenvalue weighted by atomic mass is 16.5. The number of rotatable bonds is 2. The molecule has 0 saturated carbocycles. The van der Waals surface area contributed by atoms with Crippen LogP contribution in [-0.2, 0) is 0 Å². The summed E-state index contributed by atoms with van der Waals surface area (Å²) in [4.78, 5) is 3.68. The van der Waals surface area contributed by atoms with E-state index in [2.05, 4.69) is 14.7 Å². The molecule has 1 rings (SSSR count). The normalized spacial score (nSPS) is 12.4. The smallest absolute Gasteiger partial charge is 0.244 e. The molecule has 2 N–H and O–H groups in total. The zero-order valence-electron chi connectivity index (χ0n) is 5.19. The minimum absolute atomic E-state index is 0.197. The van der Waals surface area contributed by atoms with Gasteiger partial charge in [0.2, 0.25) is 5.89 Å². The molecule has 0 bridgehead atoms. The van der Waals surface area contributed by atoms with Crippen molar-refractivity contribution in [1.82, 2.24) is 10.1 Å². The van der Waals surface area contributed by atoms with Gasteiger partial charge in [0, 0.05) is 0 Å². The van der Waals surface area contributed by atoms with Gasteiger partial charge in [-0.1, -0.05) is 5.16 Å². The molecule has 0 spiro atoms. The highest BCUT2D eigenvalue weighted by molar-refractivity contribution is 4.90. The van der Waals surface area contributed by atoms with Crippen molar-refractivity contribution in [2.45, 2.75) is 12.5 Å². The third-order valence-electron chi connectivity index (χ3n) is 1.01. The van der Waals surface area contributed by atoms with Gasteiger partial charge in [-0.25, -0.2) is 0 Å². The van der Waals surface area contributed by atoms with Crippen LogP contribution >= 0.6 is 0 Å². The van der Waals surface area contributed by atoms with E-state index in [4.69, 9.17) is 11.0 Å². The summed E-state index contributed by atoms with van der Waals surface area (Å²) in [5, 5.41) is 11.6. The molecule has 10 heavy (non-hydrogen) atoms. The summed E-state index contributed by atoms with van der Waals surface area (Å²) in [6.45, 7) is 0. The Labute approximate surface area is 57.4 Å².